The summed E-state index contributed by atoms with van der Waals surface area (Å²) in [5, 5.41) is 6.06. The summed E-state index contributed by atoms with van der Waals surface area (Å²) in [5.74, 6) is -3.69. The molecule has 1 aromatic rings. The first-order valence-corrected chi connectivity index (χ1v) is 12.1. The molecular formula is C25H28N2O8. The average Bonchev–Trinajstić information content (AvgIpc) is 3.30. The lowest BCUT2D eigenvalue weighted by atomic mass is 9.75. The van der Waals surface area contributed by atoms with Crippen molar-refractivity contribution >= 4 is 41.2 Å². The molecule has 4 fully saturated rings. The summed E-state index contributed by atoms with van der Waals surface area (Å²) in [5.41, 5.74) is 1.39. The van der Waals surface area contributed by atoms with Crippen molar-refractivity contribution in [1.29, 1.82) is 0 Å². The van der Waals surface area contributed by atoms with Crippen LogP contribution in [0.1, 0.15) is 38.5 Å². The Morgan fingerprint density at radius 1 is 0.829 bits per heavy atom. The molecule has 2 aliphatic heterocycles. The zero-order valence-corrected chi connectivity index (χ0v) is 19.2. The van der Waals surface area contributed by atoms with Gasteiger partial charge in [-0.3, -0.25) is 24.0 Å². The molecule has 2 saturated carbocycles. The van der Waals surface area contributed by atoms with Crippen LogP contribution in [0.15, 0.2) is 24.3 Å². The number of esters is 4. The molecule has 6 atom stereocenters. The molecule has 4 aliphatic rings. The molecule has 0 spiro atoms. The third kappa shape index (κ3) is 4.93. The van der Waals surface area contributed by atoms with Gasteiger partial charge in [0.1, 0.15) is 6.73 Å². The molecule has 186 valence electrons. The number of cyclic esters (lactones) is 4. The first-order chi connectivity index (χ1) is 16.9. The Morgan fingerprint density at radius 2 is 1.46 bits per heavy atom. The Hall–Kier alpha value is -3.27. The number of hydrogen-bond acceptors (Lipinski definition) is 9. The first-order valence-electron chi connectivity index (χ1n) is 12.1. The Balaban J connectivity index is 1.06. The smallest absolute Gasteiger partial charge is 0.317 e. The van der Waals surface area contributed by atoms with Gasteiger partial charge in [-0.25, -0.2) is 0 Å². The Bertz CT molecular complexity index is 1060. The number of benzene rings is 1. The third-order valence-corrected chi connectivity index (χ3v) is 7.66. The fourth-order valence-electron chi connectivity index (χ4n) is 5.72. The van der Waals surface area contributed by atoms with Crippen molar-refractivity contribution in [2.75, 3.05) is 24.0 Å². The van der Waals surface area contributed by atoms with Crippen molar-refractivity contribution in [3.63, 3.8) is 0 Å². The molecule has 35 heavy (non-hydrogen) atoms. The molecule has 2 aliphatic carbocycles. The van der Waals surface area contributed by atoms with Crippen LogP contribution in [0.25, 0.3) is 0 Å². The number of carbonyl (C=O) groups is 5. The number of amides is 1. The van der Waals surface area contributed by atoms with Gasteiger partial charge >= 0.3 is 23.9 Å². The normalized spacial score (nSPS) is 31.9. The van der Waals surface area contributed by atoms with E-state index in [4.69, 9.17) is 14.2 Å². The lowest BCUT2D eigenvalue weighted by Crippen LogP contribution is -2.33. The third-order valence-electron chi connectivity index (χ3n) is 7.66. The molecule has 0 aromatic heterocycles. The van der Waals surface area contributed by atoms with E-state index in [2.05, 4.69) is 10.6 Å². The Kier molecular flexibility index (Phi) is 6.55. The van der Waals surface area contributed by atoms with Crippen LogP contribution in [-0.2, 0) is 38.2 Å². The minimum absolute atomic E-state index is 0.177. The number of carbonyl (C=O) groups excluding carboxylic acids is 5. The average molecular weight is 485 g/mol. The van der Waals surface area contributed by atoms with Gasteiger partial charge in [-0.1, -0.05) is 6.07 Å². The molecule has 2 saturated heterocycles. The summed E-state index contributed by atoms with van der Waals surface area (Å²) >= 11 is 0. The summed E-state index contributed by atoms with van der Waals surface area (Å²) in [6, 6.07) is 7.25. The number of anilines is 2. The highest BCUT2D eigenvalue weighted by Crippen LogP contribution is 2.40. The highest BCUT2D eigenvalue weighted by atomic mass is 16.6. The minimum Gasteiger partial charge on any atom is -0.393 e. The van der Waals surface area contributed by atoms with Crippen LogP contribution in [0.5, 0.6) is 0 Å². The molecule has 6 unspecified atom stereocenters. The molecule has 10 nitrogen and oxygen atoms in total. The number of ether oxygens (including phenoxy) is 3. The molecule has 1 aromatic carbocycles. The largest absolute Gasteiger partial charge is 0.393 e. The highest BCUT2D eigenvalue weighted by Gasteiger charge is 2.49. The Labute approximate surface area is 202 Å². The molecule has 1 amide bonds. The molecule has 0 bridgehead atoms. The van der Waals surface area contributed by atoms with Crippen LogP contribution in [0, 0.1) is 35.5 Å². The topological polar surface area (TPSA) is 137 Å². The maximum absolute atomic E-state index is 12.8. The fraction of sp³-hybridized carbons (Fsp3) is 0.560. The van der Waals surface area contributed by atoms with Gasteiger partial charge < -0.3 is 24.8 Å². The Morgan fingerprint density at radius 3 is 2.20 bits per heavy atom. The van der Waals surface area contributed by atoms with Gasteiger partial charge in [0.2, 0.25) is 5.91 Å². The van der Waals surface area contributed by atoms with Gasteiger partial charge in [-0.15, -0.1) is 0 Å². The second-order valence-corrected chi connectivity index (χ2v) is 9.86. The lowest BCUT2D eigenvalue weighted by molar-refractivity contribution is -0.155. The SMILES string of the molecule is O=C(Nc1cccc(NCOCC2CCC3C(=O)OC(=O)C3C2)c1)C1CCC2C(=O)OC(=O)C2C1. The zero-order chi connectivity index (χ0) is 24.5. The molecule has 2 N–H and O–H groups in total. The van der Waals surface area contributed by atoms with Crippen LogP contribution in [-0.4, -0.2) is 43.1 Å². The minimum atomic E-state index is -0.521. The molecule has 0 radical (unpaired) electrons. The van der Waals surface area contributed by atoms with Gasteiger partial charge in [0.05, 0.1) is 30.3 Å². The summed E-state index contributed by atoms with van der Waals surface area (Å²) in [6.07, 6.45) is 3.41. The quantitative estimate of drug-likeness (QED) is 0.258. The van der Waals surface area contributed by atoms with Crippen LogP contribution in [0.2, 0.25) is 0 Å². The summed E-state index contributed by atoms with van der Waals surface area (Å²) < 4.78 is 15.2. The maximum atomic E-state index is 12.8. The summed E-state index contributed by atoms with van der Waals surface area (Å²) in [6.45, 7) is 0.732. The van der Waals surface area contributed by atoms with E-state index in [0.717, 1.165) is 12.1 Å². The van der Waals surface area contributed by atoms with Crippen molar-refractivity contribution in [2.45, 2.75) is 38.5 Å². The molecule has 2 heterocycles. The lowest BCUT2D eigenvalue weighted by Gasteiger charge is -2.27. The predicted molar refractivity (Wildman–Crippen MR) is 120 cm³/mol. The van der Waals surface area contributed by atoms with Crippen LogP contribution >= 0.6 is 0 Å². The first kappa shape index (κ1) is 23.5. The fourth-order valence-corrected chi connectivity index (χ4v) is 5.72. The van der Waals surface area contributed by atoms with Crippen LogP contribution in [0.3, 0.4) is 0 Å². The van der Waals surface area contributed by atoms with Crippen LogP contribution < -0.4 is 10.6 Å². The second kappa shape index (κ2) is 9.77. The summed E-state index contributed by atoms with van der Waals surface area (Å²) in [7, 11) is 0. The van der Waals surface area contributed by atoms with E-state index < -0.39 is 35.7 Å². The van der Waals surface area contributed by atoms with E-state index in [0.29, 0.717) is 44.4 Å². The standard InChI is InChI=1S/C25H28N2O8/c28-21(14-5-7-18-20(9-14)25(32)35-23(18)30)27-16-3-1-2-15(10-16)26-12-33-11-13-4-6-17-19(8-13)24(31)34-22(17)29/h1-3,10,13-14,17-20,26H,4-9,11-12H2,(H,27,28). The molecular weight excluding hydrogens is 456 g/mol. The van der Waals surface area contributed by atoms with Gasteiger partial charge in [0.25, 0.3) is 0 Å². The molecule has 5 rings (SSSR count). The van der Waals surface area contributed by atoms with Crippen molar-refractivity contribution in [3.8, 4) is 0 Å². The van der Waals surface area contributed by atoms with Gasteiger partial charge in [-0.05, 0) is 62.6 Å². The molecule has 10 heteroatoms. The monoisotopic (exact) mass is 484 g/mol. The van der Waals surface area contributed by atoms with Crippen molar-refractivity contribution < 1.29 is 38.2 Å². The number of hydrogen-bond donors (Lipinski definition) is 2. The van der Waals surface area contributed by atoms with Gasteiger partial charge in [0.15, 0.2) is 0 Å². The highest BCUT2D eigenvalue weighted by molar-refractivity contribution is 5.98. The van der Waals surface area contributed by atoms with Gasteiger partial charge in [0, 0.05) is 17.3 Å². The van der Waals surface area contributed by atoms with Crippen LogP contribution in [0.4, 0.5) is 11.4 Å². The van der Waals surface area contributed by atoms with Crippen molar-refractivity contribution in [1.82, 2.24) is 0 Å². The summed E-state index contributed by atoms with van der Waals surface area (Å²) in [4.78, 5) is 59.8. The van der Waals surface area contributed by atoms with E-state index in [1.807, 2.05) is 12.1 Å². The second-order valence-electron chi connectivity index (χ2n) is 9.86. The van der Waals surface area contributed by atoms with E-state index in [-0.39, 0.29) is 36.3 Å². The predicted octanol–water partition coefficient (Wildman–Crippen LogP) is 2.24. The van der Waals surface area contributed by atoms with Crippen molar-refractivity contribution in [3.05, 3.63) is 24.3 Å². The number of nitrogens with one attached hydrogen (secondary N) is 2. The maximum Gasteiger partial charge on any atom is 0.317 e. The zero-order valence-electron chi connectivity index (χ0n) is 19.2. The van der Waals surface area contributed by atoms with Crippen molar-refractivity contribution in [2.24, 2.45) is 35.5 Å². The van der Waals surface area contributed by atoms with E-state index in [9.17, 15) is 24.0 Å². The number of rotatable bonds is 7. The number of fused-ring (bicyclic) bond motifs is 2. The van der Waals surface area contributed by atoms with E-state index in [1.165, 1.54) is 0 Å². The van der Waals surface area contributed by atoms with E-state index >= 15 is 0 Å². The van der Waals surface area contributed by atoms with E-state index in [1.54, 1.807) is 12.1 Å². The van der Waals surface area contributed by atoms with Gasteiger partial charge in [-0.2, -0.15) is 0 Å².